The van der Waals surface area contributed by atoms with E-state index in [-0.39, 0.29) is 11.6 Å². The Morgan fingerprint density at radius 1 is 1.50 bits per heavy atom. The summed E-state index contributed by atoms with van der Waals surface area (Å²) in [6.07, 6.45) is 3.61. The Morgan fingerprint density at radius 2 is 2.22 bits per heavy atom. The van der Waals surface area contributed by atoms with Gasteiger partial charge in [0.1, 0.15) is 0 Å². The third-order valence-corrected chi connectivity index (χ3v) is 5.44. The van der Waals surface area contributed by atoms with Crippen LogP contribution < -0.4 is 5.73 Å². The molecule has 1 saturated heterocycles. The summed E-state index contributed by atoms with van der Waals surface area (Å²) < 4.78 is 0. The van der Waals surface area contributed by atoms with E-state index in [1.165, 1.54) is 29.8 Å². The molecule has 3 heteroatoms. The van der Waals surface area contributed by atoms with Crippen LogP contribution in [0, 0.1) is 6.92 Å². The fourth-order valence-electron chi connectivity index (χ4n) is 3.12. The number of likely N-dealkylation sites (tertiary alicyclic amines) is 1. The van der Waals surface area contributed by atoms with Crippen molar-refractivity contribution in [3.05, 3.63) is 21.9 Å². The lowest BCUT2D eigenvalue weighted by Gasteiger charge is -2.41. The fourth-order valence-corrected chi connectivity index (χ4v) is 4.24. The summed E-state index contributed by atoms with van der Waals surface area (Å²) in [7, 11) is 0. The highest BCUT2D eigenvalue weighted by molar-refractivity contribution is 7.10. The van der Waals surface area contributed by atoms with Crippen molar-refractivity contribution < 1.29 is 0 Å². The van der Waals surface area contributed by atoms with Crippen LogP contribution in [0.3, 0.4) is 0 Å². The minimum atomic E-state index is 0.236. The Kier molecular flexibility index (Phi) is 4.15. The summed E-state index contributed by atoms with van der Waals surface area (Å²) >= 11 is 1.87. The lowest BCUT2D eigenvalue weighted by atomic mass is 9.95. The van der Waals surface area contributed by atoms with E-state index in [0.29, 0.717) is 6.04 Å². The van der Waals surface area contributed by atoms with Gasteiger partial charge in [0.05, 0.1) is 6.04 Å². The molecule has 2 unspecified atom stereocenters. The highest BCUT2D eigenvalue weighted by Gasteiger charge is 2.40. The van der Waals surface area contributed by atoms with E-state index in [1.54, 1.807) is 0 Å². The molecule has 0 amide bonds. The molecule has 0 spiro atoms. The normalized spacial score (nSPS) is 23.2. The standard InChI is InChI=1S/C15H26N2S/c1-5-12(16)13(14-11(2)7-10-18-14)17-9-6-8-15(17,3)4/h7,10,12-13H,5-6,8-9,16H2,1-4H3. The number of rotatable bonds is 4. The first-order valence-corrected chi connectivity index (χ1v) is 7.91. The molecule has 2 heterocycles. The minimum Gasteiger partial charge on any atom is -0.326 e. The first-order chi connectivity index (χ1) is 8.47. The van der Waals surface area contributed by atoms with Gasteiger partial charge in [-0.25, -0.2) is 0 Å². The highest BCUT2D eigenvalue weighted by atomic mass is 32.1. The summed E-state index contributed by atoms with van der Waals surface area (Å²) in [5.74, 6) is 0. The first kappa shape index (κ1) is 14.0. The zero-order valence-electron chi connectivity index (χ0n) is 12.1. The van der Waals surface area contributed by atoms with Crippen molar-refractivity contribution in [1.29, 1.82) is 0 Å². The van der Waals surface area contributed by atoms with Gasteiger partial charge < -0.3 is 5.73 Å². The van der Waals surface area contributed by atoms with Crippen molar-refractivity contribution in [3.63, 3.8) is 0 Å². The Morgan fingerprint density at radius 3 is 2.67 bits per heavy atom. The van der Waals surface area contributed by atoms with Gasteiger partial charge in [-0.2, -0.15) is 0 Å². The van der Waals surface area contributed by atoms with Crippen molar-refractivity contribution in [2.75, 3.05) is 6.54 Å². The van der Waals surface area contributed by atoms with Crippen LogP contribution in [0.5, 0.6) is 0 Å². The number of thiophene rings is 1. The lowest BCUT2D eigenvalue weighted by Crippen LogP contribution is -2.47. The Hall–Kier alpha value is -0.380. The minimum absolute atomic E-state index is 0.236. The smallest absolute Gasteiger partial charge is 0.0600 e. The summed E-state index contributed by atoms with van der Waals surface area (Å²) in [5.41, 5.74) is 8.13. The van der Waals surface area contributed by atoms with E-state index in [0.717, 1.165) is 6.42 Å². The first-order valence-electron chi connectivity index (χ1n) is 7.03. The maximum Gasteiger partial charge on any atom is 0.0600 e. The molecule has 0 radical (unpaired) electrons. The molecule has 1 fully saturated rings. The highest BCUT2D eigenvalue weighted by Crippen LogP contribution is 2.40. The van der Waals surface area contributed by atoms with Gasteiger partial charge in [0.2, 0.25) is 0 Å². The summed E-state index contributed by atoms with van der Waals surface area (Å²) in [4.78, 5) is 4.11. The van der Waals surface area contributed by atoms with Crippen LogP contribution >= 0.6 is 11.3 Å². The van der Waals surface area contributed by atoms with Gasteiger partial charge in [0, 0.05) is 16.5 Å². The third kappa shape index (κ3) is 2.49. The Labute approximate surface area is 115 Å². The van der Waals surface area contributed by atoms with Gasteiger partial charge in [0.25, 0.3) is 0 Å². The maximum atomic E-state index is 6.44. The van der Waals surface area contributed by atoms with Gasteiger partial charge in [0.15, 0.2) is 0 Å². The SMILES string of the molecule is CCC(N)C(c1sccc1C)N1CCCC1(C)C. The van der Waals surface area contributed by atoms with Crippen LogP contribution in [0.1, 0.15) is 56.5 Å². The fraction of sp³-hybridized carbons (Fsp3) is 0.733. The van der Waals surface area contributed by atoms with E-state index in [1.807, 2.05) is 11.3 Å². The van der Waals surface area contributed by atoms with Crippen molar-refractivity contribution >= 4 is 11.3 Å². The van der Waals surface area contributed by atoms with Gasteiger partial charge >= 0.3 is 0 Å². The number of hydrogen-bond acceptors (Lipinski definition) is 3. The van der Waals surface area contributed by atoms with E-state index in [9.17, 15) is 0 Å². The van der Waals surface area contributed by atoms with Crippen LogP contribution in [0.4, 0.5) is 0 Å². The molecule has 0 aromatic carbocycles. The topological polar surface area (TPSA) is 29.3 Å². The molecule has 1 aromatic heterocycles. The van der Waals surface area contributed by atoms with Crippen LogP contribution in [0.25, 0.3) is 0 Å². The molecule has 2 rings (SSSR count). The summed E-state index contributed by atoms with van der Waals surface area (Å²) in [6.45, 7) is 10.3. The van der Waals surface area contributed by atoms with Crippen molar-refractivity contribution in [2.24, 2.45) is 5.73 Å². The molecule has 2 nitrogen and oxygen atoms in total. The van der Waals surface area contributed by atoms with E-state index < -0.39 is 0 Å². The zero-order valence-corrected chi connectivity index (χ0v) is 12.9. The predicted octanol–water partition coefficient (Wildman–Crippen LogP) is 3.71. The van der Waals surface area contributed by atoms with Crippen LogP contribution in [0.15, 0.2) is 11.4 Å². The Bertz CT molecular complexity index is 397. The molecule has 2 N–H and O–H groups in total. The second-order valence-corrected chi connectivity index (χ2v) is 7.04. The number of aryl methyl sites for hydroxylation is 1. The lowest BCUT2D eigenvalue weighted by molar-refractivity contribution is 0.0982. The number of nitrogens with two attached hydrogens (primary N) is 1. The second-order valence-electron chi connectivity index (χ2n) is 6.09. The number of nitrogens with zero attached hydrogens (tertiary/aromatic N) is 1. The molecule has 18 heavy (non-hydrogen) atoms. The van der Waals surface area contributed by atoms with Gasteiger partial charge in [-0.1, -0.05) is 6.92 Å². The van der Waals surface area contributed by atoms with Crippen LogP contribution in [-0.4, -0.2) is 23.0 Å². The molecular formula is C15H26N2S. The molecule has 0 aliphatic carbocycles. The van der Waals surface area contributed by atoms with Gasteiger partial charge in [-0.05, 0) is 63.6 Å². The van der Waals surface area contributed by atoms with E-state index >= 15 is 0 Å². The molecular weight excluding hydrogens is 240 g/mol. The molecule has 0 bridgehead atoms. The summed E-state index contributed by atoms with van der Waals surface area (Å²) in [6, 6.07) is 2.85. The monoisotopic (exact) mass is 266 g/mol. The molecule has 102 valence electrons. The molecule has 1 aromatic rings. The predicted molar refractivity (Wildman–Crippen MR) is 80.1 cm³/mol. The maximum absolute atomic E-state index is 6.44. The van der Waals surface area contributed by atoms with Crippen molar-refractivity contribution in [1.82, 2.24) is 4.90 Å². The molecule has 1 aliphatic heterocycles. The van der Waals surface area contributed by atoms with Crippen LogP contribution in [0.2, 0.25) is 0 Å². The average molecular weight is 266 g/mol. The molecule has 0 saturated carbocycles. The summed E-state index contributed by atoms with van der Waals surface area (Å²) in [5, 5.41) is 2.20. The Balaban J connectivity index is 2.35. The van der Waals surface area contributed by atoms with Crippen LogP contribution in [-0.2, 0) is 0 Å². The molecule has 2 atom stereocenters. The zero-order chi connectivity index (χ0) is 13.3. The second kappa shape index (κ2) is 5.32. The van der Waals surface area contributed by atoms with Crippen molar-refractivity contribution in [3.8, 4) is 0 Å². The molecule has 1 aliphatic rings. The average Bonchev–Trinajstić information content (AvgIpc) is 2.87. The van der Waals surface area contributed by atoms with E-state index in [2.05, 4.69) is 44.0 Å². The quantitative estimate of drug-likeness (QED) is 0.900. The van der Waals surface area contributed by atoms with Gasteiger partial charge in [-0.15, -0.1) is 11.3 Å². The number of hydrogen-bond donors (Lipinski definition) is 1. The largest absolute Gasteiger partial charge is 0.326 e. The third-order valence-electron chi connectivity index (χ3n) is 4.35. The van der Waals surface area contributed by atoms with Gasteiger partial charge in [-0.3, -0.25) is 4.90 Å². The van der Waals surface area contributed by atoms with E-state index in [4.69, 9.17) is 5.73 Å². The van der Waals surface area contributed by atoms with Crippen molar-refractivity contribution in [2.45, 2.75) is 64.6 Å².